The van der Waals surface area contributed by atoms with Gasteiger partial charge in [-0.05, 0) is 35.2 Å². The molecular formula is C19H16FNO3S. The highest BCUT2D eigenvalue weighted by Gasteiger charge is 2.23. The minimum Gasteiger partial charge on any atom is -0.467 e. The Hall–Kier alpha value is -2.73. The number of amides is 1. The Balaban J connectivity index is 1.79. The Morgan fingerprint density at radius 1 is 1.16 bits per heavy atom. The number of ether oxygens (including phenoxy) is 1. The van der Waals surface area contributed by atoms with Gasteiger partial charge in [0.25, 0.3) is 5.91 Å². The molecule has 4 nitrogen and oxygen atoms in total. The first-order valence-electron chi connectivity index (χ1n) is 7.68. The third kappa shape index (κ3) is 4.03. The summed E-state index contributed by atoms with van der Waals surface area (Å²) in [5, 5.41) is 3.37. The summed E-state index contributed by atoms with van der Waals surface area (Å²) >= 11 is 1.25. The lowest BCUT2D eigenvalue weighted by Crippen LogP contribution is -2.42. The summed E-state index contributed by atoms with van der Waals surface area (Å²) in [6.45, 7) is 0. The van der Waals surface area contributed by atoms with E-state index in [9.17, 15) is 14.0 Å². The zero-order valence-electron chi connectivity index (χ0n) is 13.5. The second-order valence-corrected chi connectivity index (χ2v) is 6.62. The number of fused-ring (bicyclic) bond motifs is 1. The van der Waals surface area contributed by atoms with Crippen molar-refractivity contribution in [2.45, 2.75) is 12.5 Å². The van der Waals surface area contributed by atoms with Crippen molar-refractivity contribution in [1.82, 2.24) is 5.32 Å². The van der Waals surface area contributed by atoms with Gasteiger partial charge in [0.05, 0.1) is 12.0 Å². The smallest absolute Gasteiger partial charge is 0.328 e. The molecule has 3 rings (SSSR count). The van der Waals surface area contributed by atoms with E-state index in [-0.39, 0.29) is 11.7 Å². The van der Waals surface area contributed by atoms with Gasteiger partial charge in [-0.3, -0.25) is 4.79 Å². The molecule has 3 aromatic rings. The molecule has 0 aliphatic heterocycles. The molecule has 0 bridgehead atoms. The average Bonchev–Trinajstić information content (AvgIpc) is 3.04. The SMILES string of the molecule is COC(=O)[C@@H](Cc1ccccc1)NC(=O)c1cc2cc(F)ccc2s1. The van der Waals surface area contributed by atoms with Gasteiger partial charge in [-0.2, -0.15) is 0 Å². The summed E-state index contributed by atoms with van der Waals surface area (Å²) in [4.78, 5) is 25.0. The molecule has 1 aromatic heterocycles. The molecule has 6 heteroatoms. The molecule has 1 N–H and O–H groups in total. The lowest BCUT2D eigenvalue weighted by atomic mass is 10.1. The Kier molecular flexibility index (Phi) is 5.09. The first-order chi connectivity index (χ1) is 12.1. The molecule has 0 unspecified atom stereocenters. The Labute approximate surface area is 148 Å². The van der Waals surface area contributed by atoms with E-state index in [1.165, 1.54) is 30.6 Å². The molecule has 0 saturated heterocycles. The standard InChI is InChI=1S/C19H16FNO3S/c1-24-19(23)15(9-12-5-3-2-4-6-12)21-18(22)17-11-13-10-14(20)7-8-16(13)25-17/h2-8,10-11,15H,9H2,1H3,(H,21,22)/t15-/m1/s1. The van der Waals surface area contributed by atoms with Crippen molar-refractivity contribution in [3.63, 3.8) is 0 Å². The zero-order valence-corrected chi connectivity index (χ0v) is 14.3. The van der Waals surface area contributed by atoms with Crippen LogP contribution in [0.3, 0.4) is 0 Å². The van der Waals surface area contributed by atoms with Crippen LogP contribution < -0.4 is 5.32 Å². The van der Waals surface area contributed by atoms with Crippen molar-refractivity contribution >= 4 is 33.3 Å². The number of halogens is 1. The maximum absolute atomic E-state index is 13.3. The highest BCUT2D eigenvalue weighted by molar-refractivity contribution is 7.20. The predicted octanol–water partition coefficient (Wildman–Crippen LogP) is 3.55. The quantitative estimate of drug-likeness (QED) is 0.711. The molecule has 0 aliphatic carbocycles. The van der Waals surface area contributed by atoms with E-state index < -0.39 is 12.0 Å². The van der Waals surface area contributed by atoms with Crippen LogP contribution >= 0.6 is 11.3 Å². The van der Waals surface area contributed by atoms with Gasteiger partial charge < -0.3 is 10.1 Å². The van der Waals surface area contributed by atoms with Crippen molar-refractivity contribution in [2.24, 2.45) is 0 Å². The lowest BCUT2D eigenvalue weighted by Gasteiger charge is -2.16. The fourth-order valence-corrected chi connectivity index (χ4v) is 3.49. The van der Waals surface area contributed by atoms with Crippen LogP contribution in [0, 0.1) is 5.82 Å². The Morgan fingerprint density at radius 3 is 2.64 bits per heavy atom. The van der Waals surface area contributed by atoms with Gasteiger partial charge >= 0.3 is 5.97 Å². The zero-order chi connectivity index (χ0) is 17.8. The van der Waals surface area contributed by atoms with Crippen LogP contribution in [0.4, 0.5) is 4.39 Å². The van der Waals surface area contributed by atoms with Gasteiger partial charge in [-0.25, -0.2) is 9.18 Å². The molecule has 1 atom stereocenters. The van der Waals surface area contributed by atoms with Crippen LogP contribution in [-0.4, -0.2) is 25.0 Å². The molecule has 128 valence electrons. The number of carbonyl (C=O) groups excluding carboxylic acids is 2. The number of nitrogens with one attached hydrogen (secondary N) is 1. The number of rotatable bonds is 5. The van der Waals surface area contributed by atoms with Gasteiger partial charge in [0.1, 0.15) is 11.9 Å². The molecule has 0 fully saturated rings. The maximum Gasteiger partial charge on any atom is 0.328 e. The van der Waals surface area contributed by atoms with E-state index in [1.54, 1.807) is 12.1 Å². The lowest BCUT2D eigenvalue weighted by molar-refractivity contribution is -0.142. The fraction of sp³-hybridized carbons (Fsp3) is 0.158. The molecule has 0 spiro atoms. The molecule has 0 aliphatic rings. The number of thiophene rings is 1. The van der Waals surface area contributed by atoms with Gasteiger partial charge in [0.15, 0.2) is 0 Å². The largest absolute Gasteiger partial charge is 0.467 e. The number of benzene rings is 2. The number of carbonyl (C=O) groups is 2. The Morgan fingerprint density at radius 2 is 1.92 bits per heavy atom. The fourth-order valence-electron chi connectivity index (χ4n) is 2.54. The maximum atomic E-state index is 13.3. The summed E-state index contributed by atoms with van der Waals surface area (Å²) in [7, 11) is 1.29. The molecule has 2 aromatic carbocycles. The summed E-state index contributed by atoms with van der Waals surface area (Å²) in [5.74, 6) is -1.24. The van der Waals surface area contributed by atoms with Gasteiger partial charge in [-0.15, -0.1) is 11.3 Å². The topological polar surface area (TPSA) is 55.4 Å². The van der Waals surface area contributed by atoms with E-state index in [1.807, 2.05) is 30.3 Å². The average molecular weight is 357 g/mol. The second-order valence-electron chi connectivity index (χ2n) is 5.53. The second kappa shape index (κ2) is 7.44. The third-order valence-electron chi connectivity index (χ3n) is 3.78. The minimum absolute atomic E-state index is 0.332. The highest BCUT2D eigenvalue weighted by atomic mass is 32.1. The first kappa shape index (κ1) is 17.1. The van der Waals surface area contributed by atoms with Crippen molar-refractivity contribution in [3.8, 4) is 0 Å². The van der Waals surface area contributed by atoms with Crippen molar-refractivity contribution in [2.75, 3.05) is 7.11 Å². The summed E-state index contributed by atoms with van der Waals surface area (Å²) in [5.41, 5.74) is 0.914. The Bertz CT molecular complexity index is 907. The van der Waals surface area contributed by atoms with Crippen molar-refractivity contribution in [3.05, 3.63) is 70.9 Å². The molecule has 1 amide bonds. The van der Waals surface area contributed by atoms with Gasteiger partial charge in [-0.1, -0.05) is 30.3 Å². The molecule has 25 heavy (non-hydrogen) atoms. The van der Waals surface area contributed by atoms with Crippen LogP contribution in [0.1, 0.15) is 15.2 Å². The van der Waals surface area contributed by atoms with Crippen LogP contribution in [0.5, 0.6) is 0 Å². The molecule has 0 saturated carbocycles. The van der Waals surface area contributed by atoms with Crippen molar-refractivity contribution < 1.29 is 18.7 Å². The monoisotopic (exact) mass is 357 g/mol. The van der Waals surface area contributed by atoms with Crippen LogP contribution in [0.2, 0.25) is 0 Å². The molecule has 1 heterocycles. The highest BCUT2D eigenvalue weighted by Crippen LogP contribution is 2.26. The number of methoxy groups -OCH3 is 1. The normalized spacial score (nSPS) is 11.9. The predicted molar refractivity (Wildman–Crippen MR) is 95.2 cm³/mol. The van der Waals surface area contributed by atoms with E-state index in [2.05, 4.69) is 5.32 Å². The van der Waals surface area contributed by atoms with Crippen LogP contribution in [0.15, 0.2) is 54.6 Å². The van der Waals surface area contributed by atoms with Gasteiger partial charge in [0, 0.05) is 11.1 Å². The minimum atomic E-state index is -0.790. The summed E-state index contributed by atoms with van der Waals surface area (Å²) < 4.78 is 18.9. The van der Waals surface area contributed by atoms with Gasteiger partial charge in [0.2, 0.25) is 0 Å². The van der Waals surface area contributed by atoms with E-state index >= 15 is 0 Å². The van der Waals surface area contributed by atoms with Crippen LogP contribution in [0.25, 0.3) is 10.1 Å². The van der Waals surface area contributed by atoms with Crippen LogP contribution in [-0.2, 0) is 16.0 Å². The molecule has 0 radical (unpaired) electrons. The number of hydrogen-bond acceptors (Lipinski definition) is 4. The number of hydrogen-bond donors (Lipinski definition) is 1. The first-order valence-corrected chi connectivity index (χ1v) is 8.50. The van der Waals surface area contributed by atoms with Crippen molar-refractivity contribution in [1.29, 1.82) is 0 Å². The summed E-state index contributed by atoms with van der Waals surface area (Å²) in [6, 6.07) is 14.6. The van der Waals surface area contributed by atoms with E-state index in [0.717, 1.165) is 10.3 Å². The summed E-state index contributed by atoms with van der Waals surface area (Å²) in [6.07, 6.45) is 0.332. The third-order valence-corrected chi connectivity index (χ3v) is 4.89. The molecular weight excluding hydrogens is 341 g/mol. The van der Waals surface area contributed by atoms with E-state index in [4.69, 9.17) is 4.74 Å². The van der Waals surface area contributed by atoms with E-state index in [0.29, 0.717) is 16.7 Å². The number of esters is 1.